The van der Waals surface area contributed by atoms with Crippen molar-refractivity contribution in [3.05, 3.63) is 23.8 Å². The minimum Gasteiger partial charge on any atom is -0.322 e. The van der Waals surface area contributed by atoms with Gasteiger partial charge in [-0.15, -0.1) is 11.8 Å². The zero-order chi connectivity index (χ0) is 12.6. The van der Waals surface area contributed by atoms with Crippen LogP contribution < -0.4 is 5.73 Å². The topological polar surface area (TPSA) is 60.2 Å². The van der Waals surface area contributed by atoms with E-state index in [2.05, 4.69) is 0 Å². The van der Waals surface area contributed by atoms with E-state index in [0.29, 0.717) is 4.90 Å². The Labute approximate surface area is 101 Å². The largest absolute Gasteiger partial charge is 0.322 e. The van der Waals surface area contributed by atoms with Crippen LogP contribution in [0.4, 0.5) is 0 Å². The Balaban J connectivity index is 3.46. The molecule has 3 nitrogen and oxygen atoms in total. The van der Waals surface area contributed by atoms with E-state index in [4.69, 9.17) is 5.73 Å². The number of thioether (sulfide) groups is 1. The minimum atomic E-state index is -3.20. The number of benzene rings is 1. The van der Waals surface area contributed by atoms with Crippen LogP contribution in [0.25, 0.3) is 0 Å². The van der Waals surface area contributed by atoms with E-state index in [1.54, 1.807) is 6.07 Å². The molecular weight excluding hydrogens is 242 g/mol. The summed E-state index contributed by atoms with van der Waals surface area (Å²) in [5.41, 5.74) is 6.25. The van der Waals surface area contributed by atoms with Crippen LogP contribution in [0, 0.1) is 0 Å². The highest BCUT2D eigenvalue weighted by atomic mass is 32.2. The molecule has 1 aromatic carbocycles. The van der Waals surface area contributed by atoms with E-state index in [1.165, 1.54) is 18.0 Å². The second-order valence-corrected chi connectivity index (χ2v) is 7.19. The fourth-order valence-corrected chi connectivity index (χ4v) is 3.31. The molecule has 0 atom stereocenters. The molecule has 16 heavy (non-hydrogen) atoms. The van der Waals surface area contributed by atoms with E-state index >= 15 is 0 Å². The van der Waals surface area contributed by atoms with Gasteiger partial charge in [0.2, 0.25) is 0 Å². The lowest BCUT2D eigenvalue weighted by Crippen LogP contribution is -2.28. The molecule has 90 valence electrons. The zero-order valence-electron chi connectivity index (χ0n) is 9.94. The van der Waals surface area contributed by atoms with Crippen LogP contribution in [0.15, 0.2) is 28.0 Å². The van der Waals surface area contributed by atoms with Crippen molar-refractivity contribution in [1.29, 1.82) is 0 Å². The first-order valence-electron chi connectivity index (χ1n) is 4.83. The highest BCUT2D eigenvalue weighted by Crippen LogP contribution is 2.29. The predicted octanol–water partition coefficient (Wildman–Crippen LogP) is 2.01. The molecule has 0 radical (unpaired) electrons. The van der Waals surface area contributed by atoms with Gasteiger partial charge in [-0.1, -0.05) is 6.07 Å². The third-order valence-corrected chi connectivity index (χ3v) is 4.37. The van der Waals surface area contributed by atoms with Crippen LogP contribution in [0.3, 0.4) is 0 Å². The third-order valence-electron chi connectivity index (χ3n) is 2.31. The van der Waals surface area contributed by atoms with Crippen molar-refractivity contribution >= 4 is 21.6 Å². The minimum absolute atomic E-state index is 0.357. The number of nitrogens with two attached hydrogens (primary N) is 1. The second kappa shape index (κ2) is 4.39. The monoisotopic (exact) mass is 259 g/mol. The van der Waals surface area contributed by atoms with Crippen LogP contribution in [0.5, 0.6) is 0 Å². The summed E-state index contributed by atoms with van der Waals surface area (Å²) in [6.07, 6.45) is 3.08. The summed E-state index contributed by atoms with van der Waals surface area (Å²) >= 11 is 1.42. The smallest absolute Gasteiger partial charge is 0.176 e. The molecule has 0 bridgehead atoms. The molecule has 0 heterocycles. The fourth-order valence-electron chi connectivity index (χ4n) is 1.37. The molecule has 0 aliphatic heterocycles. The number of hydrogen-bond donors (Lipinski definition) is 1. The Bertz CT molecular complexity index is 487. The molecule has 0 fully saturated rings. The van der Waals surface area contributed by atoms with Gasteiger partial charge in [-0.3, -0.25) is 0 Å². The third kappa shape index (κ3) is 2.99. The molecular formula is C11H17NO2S2. The molecule has 0 aliphatic carbocycles. The molecule has 5 heteroatoms. The lowest BCUT2D eigenvalue weighted by molar-refractivity contribution is 0.551. The van der Waals surface area contributed by atoms with Gasteiger partial charge in [0.05, 0.1) is 4.90 Å². The molecule has 2 N–H and O–H groups in total. The van der Waals surface area contributed by atoms with Crippen molar-refractivity contribution in [2.75, 3.05) is 12.5 Å². The molecule has 0 unspecified atom stereocenters. The summed E-state index contributed by atoms with van der Waals surface area (Å²) in [4.78, 5) is 1.12. The van der Waals surface area contributed by atoms with Gasteiger partial charge in [0.1, 0.15) is 0 Å². The van der Waals surface area contributed by atoms with Gasteiger partial charge >= 0.3 is 0 Å². The van der Waals surface area contributed by atoms with Crippen LogP contribution >= 0.6 is 11.8 Å². The zero-order valence-corrected chi connectivity index (χ0v) is 11.6. The second-order valence-electron chi connectivity index (χ2n) is 4.36. The Morgan fingerprint density at radius 1 is 1.31 bits per heavy atom. The Kier molecular flexibility index (Phi) is 3.72. The molecule has 1 rings (SSSR count). The molecule has 0 spiro atoms. The maximum atomic E-state index is 11.6. The molecule has 1 aromatic rings. The van der Waals surface area contributed by atoms with Gasteiger partial charge in [-0.05, 0) is 37.8 Å². The first kappa shape index (κ1) is 13.5. The molecule has 0 aromatic heterocycles. The van der Waals surface area contributed by atoms with Crippen molar-refractivity contribution in [2.45, 2.75) is 29.2 Å². The van der Waals surface area contributed by atoms with Crippen LogP contribution in [0.2, 0.25) is 0 Å². The normalized spacial score (nSPS) is 12.8. The molecule has 0 saturated heterocycles. The van der Waals surface area contributed by atoms with Crippen molar-refractivity contribution in [3.8, 4) is 0 Å². The summed E-state index contributed by atoms with van der Waals surface area (Å²) < 4.78 is 23.3. The Morgan fingerprint density at radius 3 is 2.25 bits per heavy atom. The van der Waals surface area contributed by atoms with E-state index in [0.717, 1.165) is 10.5 Å². The highest BCUT2D eigenvalue weighted by Gasteiger charge is 2.19. The van der Waals surface area contributed by atoms with E-state index in [-0.39, 0.29) is 0 Å². The first-order chi connectivity index (χ1) is 7.16. The van der Waals surface area contributed by atoms with Crippen LogP contribution in [-0.2, 0) is 15.4 Å². The summed E-state index contributed by atoms with van der Waals surface area (Å²) in [6.45, 7) is 3.71. The van der Waals surface area contributed by atoms with Crippen molar-refractivity contribution in [3.63, 3.8) is 0 Å². The van der Waals surface area contributed by atoms with Crippen molar-refractivity contribution < 1.29 is 8.42 Å². The fraction of sp³-hybridized carbons (Fsp3) is 0.455. The van der Waals surface area contributed by atoms with Crippen molar-refractivity contribution in [1.82, 2.24) is 0 Å². The number of rotatable bonds is 3. The Hall–Kier alpha value is -0.520. The van der Waals surface area contributed by atoms with Gasteiger partial charge in [-0.25, -0.2) is 8.42 Å². The van der Waals surface area contributed by atoms with E-state index < -0.39 is 15.4 Å². The summed E-state index contributed by atoms with van der Waals surface area (Å²) in [6, 6.07) is 5.35. The lowest BCUT2D eigenvalue weighted by Gasteiger charge is -2.20. The maximum absolute atomic E-state index is 11.6. The van der Waals surface area contributed by atoms with E-state index in [1.807, 2.05) is 32.2 Å². The maximum Gasteiger partial charge on any atom is 0.176 e. The highest BCUT2D eigenvalue weighted by molar-refractivity contribution is 7.99. The van der Waals surface area contributed by atoms with Crippen molar-refractivity contribution in [2.24, 2.45) is 5.73 Å². The summed E-state index contributed by atoms with van der Waals surface area (Å²) in [7, 11) is -3.20. The number of hydrogen-bond acceptors (Lipinski definition) is 4. The van der Waals surface area contributed by atoms with Gasteiger partial charge in [-0.2, -0.15) is 0 Å². The molecule has 0 saturated carbocycles. The van der Waals surface area contributed by atoms with Gasteiger partial charge in [0.25, 0.3) is 0 Å². The van der Waals surface area contributed by atoms with E-state index in [9.17, 15) is 8.42 Å². The van der Waals surface area contributed by atoms with Gasteiger partial charge < -0.3 is 5.73 Å². The summed E-state index contributed by atoms with van der Waals surface area (Å²) in [5.74, 6) is 0. The SMILES string of the molecule is CSc1ccc(C(C)(C)N)cc1S(C)(=O)=O. The van der Waals surface area contributed by atoms with Crippen LogP contribution in [0.1, 0.15) is 19.4 Å². The quantitative estimate of drug-likeness (QED) is 0.844. The predicted molar refractivity (Wildman–Crippen MR) is 68.5 cm³/mol. The first-order valence-corrected chi connectivity index (χ1v) is 7.95. The molecule has 0 amide bonds. The lowest BCUT2D eigenvalue weighted by atomic mass is 9.96. The van der Waals surface area contributed by atoms with Gasteiger partial charge in [0.15, 0.2) is 9.84 Å². The van der Waals surface area contributed by atoms with Crippen LogP contribution in [-0.4, -0.2) is 20.9 Å². The summed E-state index contributed by atoms with van der Waals surface area (Å²) in [5, 5.41) is 0. The standard InChI is InChI=1S/C11H17NO2S2/c1-11(2,12)8-5-6-9(15-3)10(7-8)16(4,13)14/h5-7H,12H2,1-4H3. The molecule has 0 aliphatic rings. The average molecular weight is 259 g/mol. The van der Waals surface area contributed by atoms with Gasteiger partial charge in [0, 0.05) is 16.7 Å². The average Bonchev–Trinajstić information content (AvgIpc) is 2.14. The Morgan fingerprint density at radius 2 is 1.88 bits per heavy atom. The number of sulfone groups is 1.